The molecule has 3 rings (SSSR count). The Bertz CT molecular complexity index is 695. The van der Waals surface area contributed by atoms with Crippen molar-refractivity contribution in [3.05, 3.63) is 40.6 Å². The third-order valence-corrected chi connectivity index (χ3v) is 3.75. The van der Waals surface area contributed by atoms with E-state index in [4.69, 9.17) is 9.15 Å². The minimum atomic E-state index is -0.523. The fourth-order valence-electron chi connectivity index (χ4n) is 2.45. The van der Waals surface area contributed by atoms with Crippen molar-refractivity contribution in [1.29, 1.82) is 0 Å². The minimum Gasteiger partial charge on any atom is -0.388 e. The first-order valence-electron chi connectivity index (χ1n) is 7.22. The Morgan fingerprint density at radius 1 is 1.32 bits per heavy atom. The summed E-state index contributed by atoms with van der Waals surface area (Å²) in [5.41, 5.74) is 0.570. The van der Waals surface area contributed by atoms with Crippen molar-refractivity contribution in [3.8, 4) is 11.5 Å². The normalized spacial score (nSPS) is 22.9. The first-order chi connectivity index (χ1) is 10.5. The van der Waals surface area contributed by atoms with Crippen LogP contribution in [0.4, 0.5) is 4.39 Å². The molecule has 6 nitrogen and oxygen atoms in total. The van der Waals surface area contributed by atoms with Crippen LogP contribution < -0.4 is 5.76 Å². The largest absolute Gasteiger partial charge is 0.438 e. The van der Waals surface area contributed by atoms with Gasteiger partial charge in [-0.1, -0.05) is 0 Å². The van der Waals surface area contributed by atoms with Gasteiger partial charge in [0.25, 0.3) is 0 Å². The molecule has 0 unspecified atom stereocenters. The predicted molar refractivity (Wildman–Crippen MR) is 77.7 cm³/mol. The van der Waals surface area contributed by atoms with Crippen LogP contribution in [0.2, 0.25) is 0 Å². The van der Waals surface area contributed by atoms with Gasteiger partial charge in [0.05, 0.1) is 12.7 Å². The average Bonchev–Trinajstić information content (AvgIpc) is 2.85. The first kappa shape index (κ1) is 14.9. The second-order valence-corrected chi connectivity index (χ2v) is 5.59. The fraction of sp³-hybridized carbons (Fsp3) is 0.467. The number of halogens is 1. The molecule has 0 spiro atoms. The van der Waals surface area contributed by atoms with Gasteiger partial charge in [0, 0.05) is 18.2 Å². The first-order valence-corrected chi connectivity index (χ1v) is 7.22. The highest BCUT2D eigenvalue weighted by atomic mass is 19.1. The Morgan fingerprint density at radius 2 is 2.05 bits per heavy atom. The molecule has 1 saturated heterocycles. The van der Waals surface area contributed by atoms with Gasteiger partial charge in [-0.2, -0.15) is 4.68 Å². The summed E-state index contributed by atoms with van der Waals surface area (Å²) in [5, 5.41) is 4.20. The van der Waals surface area contributed by atoms with E-state index >= 15 is 0 Å². The lowest BCUT2D eigenvalue weighted by Crippen LogP contribution is -2.48. The number of hydrogen-bond acceptors (Lipinski definition) is 5. The van der Waals surface area contributed by atoms with E-state index in [1.165, 1.54) is 28.9 Å². The number of nitrogens with zero attached hydrogens (tertiary/aromatic N) is 3. The van der Waals surface area contributed by atoms with E-state index in [0.717, 1.165) is 6.54 Å². The summed E-state index contributed by atoms with van der Waals surface area (Å²) in [6.45, 7) is 5.73. The van der Waals surface area contributed by atoms with Gasteiger partial charge in [-0.15, -0.1) is 5.10 Å². The van der Waals surface area contributed by atoms with Crippen LogP contribution in [0.25, 0.3) is 11.5 Å². The van der Waals surface area contributed by atoms with E-state index in [-0.39, 0.29) is 23.9 Å². The van der Waals surface area contributed by atoms with Crippen molar-refractivity contribution >= 4 is 0 Å². The van der Waals surface area contributed by atoms with Crippen molar-refractivity contribution in [1.82, 2.24) is 14.7 Å². The van der Waals surface area contributed by atoms with Gasteiger partial charge in [0.15, 0.2) is 0 Å². The number of morpholine rings is 1. The van der Waals surface area contributed by atoms with Crippen LogP contribution in [0, 0.1) is 5.82 Å². The third-order valence-electron chi connectivity index (χ3n) is 3.75. The van der Waals surface area contributed by atoms with E-state index in [1.807, 2.05) is 13.8 Å². The highest BCUT2D eigenvalue weighted by Crippen LogP contribution is 2.16. The van der Waals surface area contributed by atoms with Crippen LogP contribution in [-0.4, -0.2) is 40.0 Å². The molecular weight excluding hydrogens is 289 g/mol. The zero-order chi connectivity index (χ0) is 15.7. The van der Waals surface area contributed by atoms with E-state index in [9.17, 15) is 9.18 Å². The molecule has 0 radical (unpaired) electrons. The maximum absolute atomic E-state index is 12.9. The highest BCUT2D eigenvalue weighted by molar-refractivity contribution is 5.51. The molecule has 0 N–H and O–H groups in total. The molecule has 1 aliphatic heterocycles. The standard InChI is InChI=1S/C15H18FN3O3/c1-10-8-21-11(2)7-18(10)9-19-15(20)22-14(17-19)12-3-5-13(16)6-4-12/h3-6,10-11H,7-9H2,1-2H3/t10-,11+/m0/s1. The molecule has 0 aliphatic carbocycles. The molecular formula is C15H18FN3O3. The number of ether oxygens (including phenoxy) is 1. The van der Waals surface area contributed by atoms with Gasteiger partial charge in [0.1, 0.15) is 12.5 Å². The van der Waals surface area contributed by atoms with Crippen molar-refractivity contribution in [2.45, 2.75) is 32.7 Å². The smallest absolute Gasteiger partial charge is 0.388 e. The van der Waals surface area contributed by atoms with Crippen LogP contribution in [0.5, 0.6) is 0 Å². The van der Waals surface area contributed by atoms with Gasteiger partial charge < -0.3 is 9.15 Å². The molecule has 118 valence electrons. The molecule has 2 atom stereocenters. The summed E-state index contributed by atoms with van der Waals surface area (Å²) in [4.78, 5) is 14.1. The van der Waals surface area contributed by atoms with Gasteiger partial charge in [-0.25, -0.2) is 9.18 Å². The number of aromatic nitrogens is 2. The SMILES string of the molecule is C[C@@H]1CN(Cn2nc(-c3ccc(F)cc3)oc2=O)[C@@H](C)CO1. The van der Waals surface area contributed by atoms with E-state index in [2.05, 4.69) is 10.00 Å². The van der Waals surface area contributed by atoms with Crippen LogP contribution in [0.3, 0.4) is 0 Å². The van der Waals surface area contributed by atoms with E-state index < -0.39 is 5.76 Å². The van der Waals surface area contributed by atoms with E-state index in [1.54, 1.807) is 0 Å². The Morgan fingerprint density at radius 3 is 2.77 bits per heavy atom. The summed E-state index contributed by atoms with van der Waals surface area (Å²) >= 11 is 0. The average molecular weight is 307 g/mol. The summed E-state index contributed by atoms with van der Waals surface area (Å²) < 4.78 is 24.9. The van der Waals surface area contributed by atoms with Crippen LogP contribution >= 0.6 is 0 Å². The Hall–Kier alpha value is -1.99. The summed E-state index contributed by atoms with van der Waals surface area (Å²) in [6.07, 6.45) is 0.121. The number of benzene rings is 1. The molecule has 22 heavy (non-hydrogen) atoms. The number of hydrogen-bond donors (Lipinski definition) is 0. The highest BCUT2D eigenvalue weighted by Gasteiger charge is 2.25. The lowest BCUT2D eigenvalue weighted by Gasteiger charge is -2.36. The van der Waals surface area contributed by atoms with Crippen molar-refractivity contribution < 1.29 is 13.5 Å². The fourth-order valence-corrected chi connectivity index (χ4v) is 2.45. The minimum absolute atomic E-state index is 0.121. The maximum Gasteiger partial charge on any atom is 0.438 e. The van der Waals surface area contributed by atoms with Gasteiger partial charge >= 0.3 is 5.76 Å². The van der Waals surface area contributed by atoms with Crippen molar-refractivity contribution in [2.75, 3.05) is 13.2 Å². The van der Waals surface area contributed by atoms with Gasteiger partial charge in [-0.05, 0) is 38.1 Å². The molecule has 0 amide bonds. The molecule has 0 saturated carbocycles. The molecule has 1 aromatic heterocycles. The van der Waals surface area contributed by atoms with Crippen LogP contribution in [-0.2, 0) is 11.4 Å². The second-order valence-electron chi connectivity index (χ2n) is 5.59. The Kier molecular flexibility index (Phi) is 4.08. The quantitative estimate of drug-likeness (QED) is 0.864. The molecule has 2 heterocycles. The van der Waals surface area contributed by atoms with Gasteiger partial charge in [-0.3, -0.25) is 4.90 Å². The Labute approximate surface area is 127 Å². The van der Waals surface area contributed by atoms with Crippen molar-refractivity contribution in [3.63, 3.8) is 0 Å². The predicted octanol–water partition coefficient (Wildman–Crippen LogP) is 1.71. The third kappa shape index (κ3) is 3.10. The molecule has 1 aromatic carbocycles. The molecule has 1 aliphatic rings. The van der Waals surface area contributed by atoms with Crippen molar-refractivity contribution in [2.24, 2.45) is 0 Å². The van der Waals surface area contributed by atoms with Crippen LogP contribution in [0.15, 0.2) is 33.5 Å². The lowest BCUT2D eigenvalue weighted by atomic mass is 10.2. The molecule has 0 bridgehead atoms. The van der Waals surface area contributed by atoms with E-state index in [0.29, 0.717) is 18.8 Å². The summed E-state index contributed by atoms with van der Waals surface area (Å²) in [5.74, 6) is -0.675. The lowest BCUT2D eigenvalue weighted by molar-refractivity contribution is -0.0629. The van der Waals surface area contributed by atoms with Crippen LogP contribution in [0.1, 0.15) is 13.8 Å². The number of rotatable bonds is 3. The monoisotopic (exact) mass is 307 g/mol. The second kappa shape index (κ2) is 6.02. The zero-order valence-corrected chi connectivity index (χ0v) is 12.5. The summed E-state index contributed by atoms with van der Waals surface area (Å²) in [6, 6.07) is 5.88. The topological polar surface area (TPSA) is 60.5 Å². The molecule has 2 aromatic rings. The van der Waals surface area contributed by atoms with Gasteiger partial charge in [0.2, 0.25) is 5.89 Å². The zero-order valence-electron chi connectivity index (χ0n) is 12.5. The molecule has 1 fully saturated rings. The maximum atomic E-state index is 12.9. The summed E-state index contributed by atoms with van der Waals surface area (Å²) in [7, 11) is 0. The Balaban J connectivity index is 1.80. The molecule has 7 heteroatoms.